The summed E-state index contributed by atoms with van der Waals surface area (Å²) >= 11 is 5.33. The second-order valence-electron chi connectivity index (χ2n) is 4.18. The van der Waals surface area contributed by atoms with Gasteiger partial charge in [0.1, 0.15) is 0 Å². The molecule has 0 spiro atoms. The number of hydrogen-bond donors (Lipinski definition) is 1. The first-order chi connectivity index (χ1) is 8.69. The molecule has 0 atom stereocenters. The number of nitrogens with one attached hydrogen (secondary N) is 1. The van der Waals surface area contributed by atoms with Crippen molar-refractivity contribution < 1.29 is 0 Å². The largest absolute Gasteiger partial charge is 0.380 e. The molecule has 1 nitrogen and oxygen atoms in total. The maximum absolute atomic E-state index is 3.56. The Balaban J connectivity index is 2.04. The van der Waals surface area contributed by atoms with Crippen molar-refractivity contribution in [1.29, 1.82) is 0 Å². The molecule has 0 fully saturated rings. The third-order valence-corrected chi connectivity index (χ3v) is 4.20. The molecule has 2 aromatic carbocycles. The third kappa shape index (κ3) is 3.53. The van der Waals surface area contributed by atoms with E-state index in [-0.39, 0.29) is 0 Å². The highest BCUT2D eigenvalue weighted by atomic mass is 79.9. The van der Waals surface area contributed by atoms with Crippen LogP contribution in [0.3, 0.4) is 0 Å². The van der Waals surface area contributed by atoms with E-state index in [2.05, 4.69) is 76.9 Å². The van der Waals surface area contributed by atoms with E-state index in [1.807, 2.05) is 0 Å². The van der Waals surface area contributed by atoms with E-state index in [1.165, 1.54) is 16.0 Å². The van der Waals surface area contributed by atoms with Crippen LogP contribution in [0.15, 0.2) is 51.8 Å². The Hall–Kier alpha value is -0.930. The molecule has 0 saturated carbocycles. The number of anilines is 1. The van der Waals surface area contributed by atoms with Crippen LogP contribution in [0.5, 0.6) is 0 Å². The summed E-state index contributed by atoms with van der Waals surface area (Å²) in [6.45, 7) is 2.95. The van der Waals surface area contributed by atoms with Gasteiger partial charge in [0, 0.05) is 21.6 Å². The Morgan fingerprint density at radius 2 is 1.83 bits per heavy atom. The van der Waals surface area contributed by atoms with Crippen molar-refractivity contribution in [1.82, 2.24) is 0 Å². The average molecular weight is 322 g/mol. The molecule has 0 bridgehead atoms. The average Bonchev–Trinajstić information content (AvgIpc) is 2.40. The van der Waals surface area contributed by atoms with Gasteiger partial charge in [0.25, 0.3) is 0 Å². The predicted molar refractivity (Wildman–Crippen MR) is 84.4 cm³/mol. The number of aryl methyl sites for hydroxylation is 1. The van der Waals surface area contributed by atoms with E-state index in [1.54, 1.807) is 11.8 Å². The lowest BCUT2D eigenvalue weighted by Crippen LogP contribution is -2.00. The van der Waals surface area contributed by atoms with Crippen molar-refractivity contribution in [2.45, 2.75) is 18.4 Å². The molecule has 0 aliphatic heterocycles. The lowest BCUT2D eigenvalue weighted by molar-refractivity contribution is 1.13. The first kappa shape index (κ1) is 13.5. The summed E-state index contributed by atoms with van der Waals surface area (Å²) < 4.78 is 1.11. The molecule has 0 aliphatic carbocycles. The van der Waals surface area contributed by atoms with E-state index in [4.69, 9.17) is 0 Å². The zero-order chi connectivity index (χ0) is 13.0. The molecular formula is C15H16BrNS. The number of rotatable bonds is 4. The van der Waals surface area contributed by atoms with E-state index in [0.29, 0.717) is 0 Å². The Morgan fingerprint density at radius 1 is 1.11 bits per heavy atom. The molecule has 18 heavy (non-hydrogen) atoms. The normalized spacial score (nSPS) is 10.4. The van der Waals surface area contributed by atoms with Gasteiger partial charge in [-0.05, 0) is 64.5 Å². The summed E-state index contributed by atoms with van der Waals surface area (Å²) in [5, 5.41) is 3.45. The summed E-state index contributed by atoms with van der Waals surface area (Å²) in [5.41, 5.74) is 3.70. The lowest BCUT2D eigenvalue weighted by Gasteiger charge is -2.10. The highest BCUT2D eigenvalue weighted by molar-refractivity contribution is 9.10. The van der Waals surface area contributed by atoms with Gasteiger partial charge in [-0.1, -0.05) is 18.2 Å². The smallest absolute Gasteiger partial charge is 0.0489 e. The van der Waals surface area contributed by atoms with Crippen LogP contribution in [-0.4, -0.2) is 6.26 Å². The summed E-state index contributed by atoms with van der Waals surface area (Å²) in [7, 11) is 0. The summed E-state index contributed by atoms with van der Waals surface area (Å²) in [6.07, 6.45) is 2.09. The van der Waals surface area contributed by atoms with Crippen LogP contribution in [0.2, 0.25) is 0 Å². The highest BCUT2D eigenvalue weighted by Crippen LogP contribution is 2.24. The molecule has 0 saturated heterocycles. The van der Waals surface area contributed by atoms with Crippen molar-refractivity contribution >= 4 is 33.4 Å². The number of benzene rings is 2. The van der Waals surface area contributed by atoms with Crippen molar-refractivity contribution in [2.75, 3.05) is 11.6 Å². The minimum absolute atomic E-state index is 0.844. The van der Waals surface area contributed by atoms with Crippen LogP contribution in [-0.2, 0) is 6.54 Å². The molecule has 0 aliphatic rings. The third-order valence-electron chi connectivity index (χ3n) is 2.76. The standard InChI is InChI=1S/C15H16BrNS/c1-11-3-8-14(16)15(9-11)17-10-12-4-6-13(18-2)7-5-12/h3-9,17H,10H2,1-2H3. The summed E-state index contributed by atoms with van der Waals surface area (Å²) in [4.78, 5) is 1.30. The molecule has 1 N–H and O–H groups in total. The van der Waals surface area contributed by atoms with Crippen molar-refractivity contribution in [3.05, 3.63) is 58.1 Å². The topological polar surface area (TPSA) is 12.0 Å². The molecule has 2 rings (SSSR count). The number of hydrogen-bond acceptors (Lipinski definition) is 2. The van der Waals surface area contributed by atoms with Crippen molar-refractivity contribution in [2.24, 2.45) is 0 Å². The van der Waals surface area contributed by atoms with Gasteiger partial charge < -0.3 is 5.32 Å². The van der Waals surface area contributed by atoms with Crippen LogP contribution in [0.25, 0.3) is 0 Å². The van der Waals surface area contributed by atoms with Gasteiger partial charge in [0.05, 0.1) is 0 Å². The Morgan fingerprint density at radius 3 is 2.50 bits per heavy atom. The molecule has 0 aromatic heterocycles. The Bertz CT molecular complexity index is 523. The van der Waals surface area contributed by atoms with Gasteiger partial charge in [-0.3, -0.25) is 0 Å². The van der Waals surface area contributed by atoms with Crippen LogP contribution >= 0.6 is 27.7 Å². The maximum atomic E-state index is 3.56. The number of thioether (sulfide) groups is 1. The molecule has 2 aromatic rings. The second-order valence-corrected chi connectivity index (χ2v) is 5.92. The molecule has 0 unspecified atom stereocenters. The Kier molecular flexibility index (Phi) is 4.72. The molecule has 0 heterocycles. The molecule has 0 amide bonds. The zero-order valence-electron chi connectivity index (χ0n) is 10.5. The van der Waals surface area contributed by atoms with Crippen LogP contribution in [0.1, 0.15) is 11.1 Å². The molecule has 3 heteroatoms. The van der Waals surface area contributed by atoms with Crippen molar-refractivity contribution in [3.8, 4) is 0 Å². The summed E-state index contributed by atoms with van der Waals surface area (Å²) in [5.74, 6) is 0. The van der Waals surface area contributed by atoms with E-state index < -0.39 is 0 Å². The van der Waals surface area contributed by atoms with E-state index in [0.717, 1.165) is 16.7 Å². The quantitative estimate of drug-likeness (QED) is 0.787. The fourth-order valence-electron chi connectivity index (χ4n) is 1.72. The van der Waals surface area contributed by atoms with Crippen LogP contribution < -0.4 is 5.32 Å². The maximum Gasteiger partial charge on any atom is 0.0489 e. The van der Waals surface area contributed by atoms with Gasteiger partial charge in [0.2, 0.25) is 0 Å². The van der Waals surface area contributed by atoms with Gasteiger partial charge in [-0.15, -0.1) is 11.8 Å². The minimum atomic E-state index is 0.844. The van der Waals surface area contributed by atoms with E-state index >= 15 is 0 Å². The SMILES string of the molecule is CSc1ccc(CNc2cc(C)ccc2Br)cc1. The summed E-state index contributed by atoms with van der Waals surface area (Å²) in [6, 6.07) is 15.0. The zero-order valence-corrected chi connectivity index (χ0v) is 12.9. The van der Waals surface area contributed by atoms with Crippen LogP contribution in [0.4, 0.5) is 5.69 Å². The minimum Gasteiger partial charge on any atom is -0.380 e. The fourth-order valence-corrected chi connectivity index (χ4v) is 2.51. The highest BCUT2D eigenvalue weighted by Gasteiger charge is 2.00. The Labute approximate surface area is 121 Å². The predicted octanol–water partition coefficient (Wildman–Crippen LogP) is 5.09. The monoisotopic (exact) mass is 321 g/mol. The second kappa shape index (κ2) is 6.30. The van der Waals surface area contributed by atoms with Gasteiger partial charge in [-0.2, -0.15) is 0 Å². The molecule has 0 radical (unpaired) electrons. The number of halogens is 1. The van der Waals surface area contributed by atoms with Crippen molar-refractivity contribution in [3.63, 3.8) is 0 Å². The van der Waals surface area contributed by atoms with Gasteiger partial charge in [0.15, 0.2) is 0 Å². The van der Waals surface area contributed by atoms with E-state index in [9.17, 15) is 0 Å². The van der Waals surface area contributed by atoms with Gasteiger partial charge >= 0.3 is 0 Å². The first-order valence-corrected chi connectivity index (χ1v) is 7.84. The fraction of sp³-hybridized carbons (Fsp3) is 0.200. The first-order valence-electron chi connectivity index (χ1n) is 5.82. The molecule has 94 valence electrons. The lowest BCUT2D eigenvalue weighted by atomic mass is 10.2. The van der Waals surface area contributed by atoms with Crippen LogP contribution in [0, 0.1) is 6.92 Å². The molecular weight excluding hydrogens is 306 g/mol. The van der Waals surface area contributed by atoms with Gasteiger partial charge in [-0.25, -0.2) is 0 Å².